The number of aliphatic imine (C=N–C) groups is 1. The maximum Gasteiger partial charge on any atom is 0.0764 e. The largest absolute Gasteiger partial charge is 0.260 e. The highest BCUT2D eigenvalue weighted by Gasteiger charge is 1.97. The molecular weight excluding hydrogens is 142 g/mol. The van der Waals surface area contributed by atoms with Gasteiger partial charge in [-0.15, -0.1) is 11.3 Å². The minimum atomic E-state index is 1.09. The summed E-state index contributed by atoms with van der Waals surface area (Å²) in [5.74, 6) is 0. The number of nitrogens with zero attached hydrogens (tertiary/aromatic N) is 1. The zero-order valence-electron chi connectivity index (χ0n) is 6.29. The first kappa shape index (κ1) is 7.48. The van der Waals surface area contributed by atoms with E-state index in [4.69, 9.17) is 0 Å². The molecule has 0 aromatic carbocycles. The fourth-order valence-electron chi connectivity index (χ4n) is 0.852. The standard InChI is InChI=1S/C8H11NS/c1-3-8-7(9-4-2)5-6-10-8/h4-6H,3H2,1-2H3/b9-4-. The Morgan fingerprint density at radius 1 is 1.70 bits per heavy atom. The molecule has 0 N–H and O–H groups in total. The number of rotatable bonds is 2. The number of thiophene rings is 1. The highest BCUT2D eigenvalue weighted by Crippen LogP contribution is 2.24. The maximum atomic E-state index is 4.22. The van der Waals surface area contributed by atoms with Crippen LogP contribution in [0.2, 0.25) is 0 Å². The van der Waals surface area contributed by atoms with Gasteiger partial charge in [-0.1, -0.05) is 6.92 Å². The van der Waals surface area contributed by atoms with Gasteiger partial charge in [0.25, 0.3) is 0 Å². The van der Waals surface area contributed by atoms with Crippen LogP contribution in [0.4, 0.5) is 5.69 Å². The van der Waals surface area contributed by atoms with E-state index in [1.54, 1.807) is 11.3 Å². The summed E-state index contributed by atoms with van der Waals surface area (Å²) in [6.45, 7) is 4.09. The van der Waals surface area contributed by atoms with Crippen molar-refractivity contribution in [1.29, 1.82) is 0 Å². The molecule has 0 saturated heterocycles. The van der Waals surface area contributed by atoms with E-state index >= 15 is 0 Å². The predicted molar refractivity (Wildman–Crippen MR) is 47.5 cm³/mol. The van der Waals surface area contributed by atoms with E-state index in [0.29, 0.717) is 0 Å². The van der Waals surface area contributed by atoms with E-state index < -0.39 is 0 Å². The topological polar surface area (TPSA) is 12.4 Å². The number of aryl methyl sites for hydroxylation is 1. The highest BCUT2D eigenvalue weighted by molar-refractivity contribution is 7.10. The molecule has 10 heavy (non-hydrogen) atoms. The lowest BCUT2D eigenvalue weighted by molar-refractivity contribution is 1.18. The SMILES string of the molecule is C/C=N\c1ccsc1CC. The van der Waals surface area contributed by atoms with Gasteiger partial charge in [0.1, 0.15) is 0 Å². The molecule has 2 heteroatoms. The summed E-state index contributed by atoms with van der Waals surface area (Å²) in [6.07, 6.45) is 2.92. The maximum absolute atomic E-state index is 4.22. The van der Waals surface area contributed by atoms with Gasteiger partial charge in [0.05, 0.1) is 5.69 Å². The quantitative estimate of drug-likeness (QED) is 0.579. The van der Waals surface area contributed by atoms with Crippen LogP contribution in [0.1, 0.15) is 18.7 Å². The van der Waals surface area contributed by atoms with E-state index in [-0.39, 0.29) is 0 Å². The van der Waals surface area contributed by atoms with Crippen molar-refractivity contribution in [2.75, 3.05) is 0 Å². The molecule has 1 rings (SSSR count). The van der Waals surface area contributed by atoms with Crippen LogP contribution in [0.3, 0.4) is 0 Å². The third-order valence-electron chi connectivity index (χ3n) is 1.31. The van der Waals surface area contributed by atoms with Crippen LogP contribution >= 0.6 is 11.3 Å². The van der Waals surface area contributed by atoms with Gasteiger partial charge in [-0.2, -0.15) is 0 Å². The van der Waals surface area contributed by atoms with Crippen LogP contribution in [0.5, 0.6) is 0 Å². The van der Waals surface area contributed by atoms with E-state index in [2.05, 4.69) is 23.4 Å². The molecule has 0 atom stereocenters. The Kier molecular flexibility index (Phi) is 2.63. The van der Waals surface area contributed by atoms with Crippen LogP contribution in [-0.4, -0.2) is 6.21 Å². The Bertz CT molecular complexity index is 225. The summed E-state index contributed by atoms with van der Waals surface area (Å²) < 4.78 is 0. The van der Waals surface area contributed by atoms with Crippen LogP contribution in [0.15, 0.2) is 16.4 Å². The van der Waals surface area contributed by atoms with Crippen LogP contribution in [0, 0.1) is 0 Å². The van der Waals surface area contributed by atoms with Gasteiger partial charge in [-0.3, -0.25) is 4.99 Å². The Morgan fingerprint density at radius 3 is 3.10 bits per heavy atom. The first-order chi connectivity index (χ1) is 4.88. The molecule has 0 saturated carbocycles. The van der Waals surface area contributed by atoms with Crippen LogP contribution in [0.25, 0.3) is 0 Å². The predicted octanol–water partition coefficient (Wildman–Crippen LogP) is 3.03. The molecule has 0 aliphatic carbocycles. The van der Waals surface area contributed by atoms with Crippen molar-refractivity contribution in [3.63, 3.8) is 0 Å². The van der Waals surface area contributed by atoms with Crippen molar-refractivity contribution in [1.82, 2.24) is 0 Å². The zero-order valence-corrected chi connectivity index (χ0v) is 7.11. The van der Waals surface area contributed by atoms with Gasteiger partial charge in [0.2, 0.25) is 0 Å². The fraction of sp³-hybridized carbons (Fsp3) is 0.375. The second kappa shape index (κ2) is 3.52. The van der Waals surface area contributed by atoms with Crippen molar-refractivity contribution >= 4 is 23.2 Å². The number of hydrogen-bond donors (Lipinski definition) is 0. The molecule has 0 amide bonds. The Morgan fingerprint density at radius 2 is 2.50 bits per heavy atom. The Labute approximate surface area is 65.4 Å². The molecular formula is C8H11NS. The third kappa shape index (κ3) is 1.45. The van der Waals surface area contributed by atoms with E-state index in [1.807, 2.05) is 13.1 Å². The molecule has 1 aromatic rings. The molecule has 0 bridgehead atoms. The molecule has 1 heterocycles. The second-order valence-corrected chi connectivity index (χ2v) is 2.97. The second-order valence-electron chi connectivity index (χ2n) is 1.97. The lowest BCUT2D eigenvalue weighted by Gasteiger charge is -1.90. The van der Waals surface area contributed by atoms with E-state index in [9.17, 15) is 0 Å². The molecule has 0 aliphatic heterocycles. The van der Waals surface area contributed by atoms with Crippen molar-refractivity contribution in [3.05, 3.63) is 16.3 Å². The zero-order chi connectivity index (χ0) is 7.40. The van der Waals surface area contributed by atoms with Crippen molar-refractivity contribution in [3.8, 4) is 0 Å². The summed E-state index contributed by atoms with van der Waals surface area (Å²) in [4.78, 5) is 5.60. The summed E-state index contributed by atoms with van der Waals surface area (Å²) in [6, 6.07) is 2.06. The Balaban J connectivity index is 2.90. The molecule has 1 nitrogen and oxygen atoms in total. The van der Waals surface area contributed by atoms with Crippen molar-refractivity contribution in [2.24, 2.45) is 4.99 Å². The third-order valence-corrected chi connectivity index (χ3v) is 2.37. The first-order valence-corrected chi connectivity index (χ1v) is 4.31. The van der Waals surface area contributed by atoms with Gasteiger partial charge in [-0.05, 0) is 24.8 Å². The highest BCUT2D eigenvalue weighted by atomic mass is 32.1. The van der Waals surface area contributed by atoms with E-state index in [1.165, 1.54) is 4.88 Å². The van der Waals surface area contributed by atoms with Crippen molar-refractivity contribution < 1.29 is 0 Å². The average molecular weight is 153 g/mol. The van der Waals surface area contributed by atoms with E-state index in [0.717, 1.165) is 12.1 Å². The van der Waals surface area contributed by atoms with Crippen LogP contribution < -0.4 is 0 Å². The first-order valence-electron chi connectivity index (χ1n) is 3.43. The average Bonchev–Trinajstić information content (AvgIpc) is 2.36. The Hall–Kier alpha value is -0.630. The molecule has 0 radical (unpaired) electrons. The van der Waals surface area contributed by atoms with Gasteiger partial charge >= 0.3 is 0 Å². The van der Waals surface area contributed by atoms with Gasteiger partial charge < -0.3 is 0 Å². The van der Waals surface area contributed by atoms with Gasteiger partial charge in [0, 0.05) is 11.1 Å². The molecule has 54 valence electrons. The summed E-state index contributed by atoms with van der Waals surface area (Å²) in [5, 5.41) is 2.08. The van der Waals surface area contributed by atoms with Crippen molar-refractivity contribution in [2.45, 2.75) is 20.3 Å². The molecule has 0 fully saturated rings. The summed E-state index contributed by atoms with van der Waals surface area (Å²) in [5.41, 5.74) is 1.13. The number of hydrogen-bond acceptors (Lipinski definition) is 2. The monoisotopic (exact) mass is 153 g/mol. The lowest BCUT2D eigenvalue weighted by Crippen LogP contribution is -1.70. The van der Waals surface area contributed by atoms with Crippen LogP contribution in [-0.2, 0) is 6.42 Å². The smallest absolute Gasteiger partial charge is 0.0764 e. The minimum Gasteiger partial charge on any atom is -0.260 e. The lowest BCUT2D eigenvalue weighted by atomic mass is 10.3. The summed E-state index contributed by atoms with van der Waals surface area (Å²) >= 11 is 1.78. The molecule has 0 unspecified atom stereocenters. The molecule has 1 aromatic heterocycles. The summed E-state index contributed by atoms with van der Waals surface area (Å²) in [7, 11) is 0. The fourth-order valence-corrected chi connectivity index (χ4v) is 1.62. The molecule has 0 aliphatic rings. The normalized spacial score (nSPS) is 11.0. The van der Waals surface area contributed by atoms with Gasteiger partial charge in [0.15, 0.2) is 0 Å². The van der Waals surface area contributed by atoms with Gasteiger partial charge in [-0.25, -0.2) is 0 Å². The minimum absolute atomic E-state index is 1.09. The molecule has 0 spiro atoms.